The zero-order valence-corrected chi connectivity index (χ0v) is 33.2. The molecule has 0 N–H and O–H groups in total. The van der Waals surface area contributed by atoms with Gasteiger partial charge in [-0.3, -0.25) is 0 Å². The molecule has 0 aliphatic heterocycles. The van der Waals surface area contributed by atoms with Crippen LogP contribution in [-0.2, 0) is 0 Å². The average molecular weight is 792 g/mol. The van der Waals surface area contributed by atoms with Crippen LogP contribution in [-0.4, -0.2) is 24.5 Å². The summed E-state index contributed by atoms with van der Waals surface area (Å²) in [5.41, 5.74) is 8.66. The number of fused-ring (bicyclic) bond motifs is 11. The molecule has 6 heteroatoms. The largest absolute Gasteiger partial charge is 0.435 e. The van der Waals surface area contributed by atoms with Gasteiger partial charge in [-0.15, -0.1) is 0 Å². The zero-order chi connectivity index (χ0) is 40.7. The number of rotatable bonds is 5. The monoisotopic (exact) mass is 791 g/mol. The highest BCUT2D eigenvalue weighted by molar-refractivity contribution is 6.26. The molecule has 0 saturated carbocycles. The summed E-state index contributed by atoms with van der Waals surface area (Å²) < 4.78 is 8.92. The van der Waals surface area contributed by atoms with Crippen molar-refractivity contribution >= 4 is 76.0 Å². The smallest absolute Gasteiger partial charge is 0.227 e. The Morgan fingerprint density at radius 1 is 0.355 bits per heavy atom. The molecule has 0 unspecified atom stereocenters. The number of hydrogen-bond donors (Lipinski definition) is 0. The van der Waals surface area contributed by atoms with Gasteiger partial charge in [0.25, 0.3) is 0 Å². The van der Waals surface area contributed by atoms with E-state index in [0.29, 0.717) is 23.4 Å². The van der Waals surface area contributed by atoms with Crippen molar-refractivity contribution in [2.24, 2.45) is 0 Å². The highest BCUT2D eigenvalue weighted by atomic mass is 16.3. The second-order valence-corrected chi connectivity index (χ2v) is 15.8. The molecule has 0 aliphatic rings. The van der Waals surface area contributed by atoms with Crippen LogP contribution in [0.15, 0.2) is 205 Å². The van der Waals surface area contributed by atoms with E-state index < -0.39 is 0 Å². The Morgan fingerprint density at radius 2 is 0.952 bits per heavy atom. The van der Waals surface area contributed by atoms with Crippen molar-refractivity contribution in [3.05, 3.63) is 200 Å². The molecule has 3 heterocycles. The van der Waals surface area contributed by atoms with Gasteiger partial charge < -0.3 is 8.98 Å². The number of benzene rings is 10. The van der Waals surface area contributed by atoms with Crippen LogP contribution in [0.5, 0.6) is 0 Å². The SMILES string of the molecule is c1ccc(-c2nc3ccc4ccc5ccc6cc(-c7nc(-c8cccc(-n9c%10ccccc%10c%10ccccc%109)c8)nc(-c8cccc9ccccc89)n7)ccc6c5c4c3o2)cc1. The fourth-order valence-electron chi connectivity index (χ4n) is 9.35. The van der Waals surface area contributed by atoms with E-state index in [1.165, 1.54) is 10.8 Å². The van der Waals surface area contributed by atoms with Crippen LogP contribution in [0.4, 0.5) is 0 Å². The van der Waals surface area contributed by atoms with Crippen molar-refractivity contribution in [2.45, 2.75) is 0 Å². The van der Waals surface area contributed by atoms with Crippen LogP contribution in [0.3, 0.4) is 0 Å². The van der Waals surface area contributed by atoms with Crippen LogP contribution >= 0.6 is 0 Å². The van der Waals surface area contributed by atoms with Gasteiger partial charge in [-0.2, -0.15) is 0 Å². The maximum Gasteiger partial charge on any atom is 0.227 e. The van der Waals surface area contributed by atoms with Crippen LogP contribution in [0.1, 0.15) is 0 Å². The number of hydrogen-bond acceptors (Lipinski definition) is 5. The topological polar surface area (TPSA) is 69.6 Å². The molecule has 0 radical (unpaired) electrons. The molecule has 0 bridgehead atoms. The quantitative estimate of drug-likeness (QED) is 0.162. The van der Waals surface area contributed by atoms with Crippen molar-refractivity contribution in [3.63, 3.8) is 0 Å². The minimum Gasteiger partial charge on any atom is -0.435 e. The first-order valence-electron chi connectivity index (χ1n) is 20.8. The second-order valence-electron chi connectivity index (χ2n) is 15.8. The van der Waals surface area contributed by atoms with Crippen LogP contribution in [0.2, 0.25) is 0 Å². The third kappa shape index (κ3) is 5.37. The Hall–Kier alpha value is -8.48. The van der Waals surface area contributed by atoms with Gasteiger partial charge in [0, 0.05) is 49.5 Å². The maximum absolute atomic E-state index is 6.59. The molecule has 10 aromatic carbocycles. The van der Waals surface area contributed by atoms with Gasteiger partial charge in [-0.1, -0.05) is 152 Å². The molecule has 3 aromatic heterocycles. The number of oxazole rings is 1. The Morgan fingerprint density at radius 3 is 1.74 bits per heavy atom. The van der Waals surface area contributed by atoms with Crippen molar-refractivity contribution in [1.29, 1.82) is 0 Å². The van der Waals surface area contributed by atoms with Gasteiger partial charge in [0.05, 0.1) is 11.0 Å². The van der Waals surface area contributed by atoms with E-state index in [1.54, 1.807) is 0 Å². The first-order valence-corrected chi connectivity index (χ1v) is 20.8. The summed E-state index contributed by atoms with van der Waals surface area (Å²) in [7, 11) is 0. The lowest BCUT2D eigenvalue weighted by molar-refractivity contribution is 0.623. The summed E-state index contributed by atoms with van der Waals surface area (Å²) >= 11 is 0. The van der Waals surface area contributed by atoms with E-state index >= 15 is 0 Å². The Balaban J connectivity index is 1.01. The van der Waals surface area contributed by atoms with Crippen molar-refractivity contribution < 1.29 is 4.42 Å². The summed E-state index contributed by atoms with van der Waals surface area (Å²) in [5, 5.41) is 11.2. The Kier molecular flexibility index (Phi) is 7.50. The van der Waals surface area contributed by atoms with E-state index in [0.717, 1.165) is 93.2 Å². The fourth-order valence-corrected chi connectivity index (χ4v) is 9.35. The minimum absolute atomic E-state index is 0.602. The lowest BCUT2D eigenvalue weighted by Gasteiger charge is -2.13. The predicted octanol–water partition coefficient (Wildman–Crippen LogP) is 14.4. The first kappa shape index (κ1) is 34.4. The van der Waals surface area contributed by atoms with Gasteiger partial charge in [-0.05, 0) is 80.8 Å². The zero-order valence-electron chi connectivity index (χ0n) is 33.2. The van der Waals surface area contributed by atoms with Crippen LogP contribution < -0.4 is 0 Å². The van der Waals surface area contributed by atoms with E-state index in [1.807, 2.05) is 36.4 Å². The number of nitrogens with zero attached hydrogens (tertiary/aromatic N) is 5. The van der Waals surface area contributed by atoms with E-state index in [2.05, 4.69) is 168 Å². The van der Waals surface area contributed by atoms with Crippen LogP contribution in [0.25, 0.3) is 127 Å². The molecule has 13 aromatic rings. The summed E-state index contributed by atoms with van der Waals surface area (Å²) in [6.07, 6.45) is 0. The molecule has 288 valence electrons. The summed E-state index contributed by atoms with van der Waals surface area (Å²) in [6.45, 7) is 0. The fraction of sp³-hybridized carbons (Fsp3) is 0. The Bertz CT molecular complexity index is 3880. The normalized spacial score (nSPS) is 11.9. The van der Waals surface area contributed by atoms with Gasteiger partial charge in [0.1, 0.15) is 5.52 Å². The molecule has 13 rings (SSSR count). The molecule has 0 amide bonds. The molecular weight excluding hydrogens is 759 g/mol. The maximum atomic E-state index is 6.59. The van der Waals surface area contributed by atoms with E-state index in [4.69, 9.17) is 24.4 Å². The third-order valence-electron chi connectivity index (χ3n) is 12.2. The van der Waals surface area contributed by atoms with E-state index in [-0.39, 0.29) is 0 Å². The molecular formula is C56H33N5O. The van der Waals surface area contributed by atoms with Gasteiger partial charge in [0.15, 0.2) is 23.1 Å². The highest BCUT2D eigenvalue weighted by Gasteiger charge is 2.19. The summed E-state index contributed by atoms with van der Waals surface area (Å²) in [5.74, 6) is 2.44. The van der Waals surface area contributed by atoms with Gasteiger partial charge >= 0.3 is 0 Å². The molecule has 6 nitrogen and oxygen atoms in total. The molecule has 0 saturated heterocycles. The highest BCUT2D eigenvalue weighted by Crippen LogP contribution is 2.40. The Labute approximate surface area is 355 Å². The summed E-state index contributed by atoms with van der Waals surface area (Å²) in [6, 6.07) is 69.9. The van der Waals surface area contributed by atoms with Gasteiger partial charge in [0.2, 0.25) is 5.89 Å². The second kappa shape index (κ2) is 13.5. The van der Waals surface area contributed by atoms with Crippen LogP contribution in [0, 0.1) is 0 Å². The molecule has 0 aliphatic carbocycles. The minimum atomic E-state index is 0.602. The van der Waals surface area contributed by atoms with Crippen molar-refractivity contribution in [2.75, 3.05) is 0 Å². The number of para-hydroxylation sites is 2. The predicted molar refractivity (Wildman–Crippen MR) is 254 cm³/mol. The van der Waals surface area contributed by atoms with Crippen molar-refractivity contribution in [3.8, 4) is 51.3 Å². The average Bonchev–Trinajstić information content (AvgIpc) is 3.94. The molecule has 0 atom stereocenters. The molecule has 0 fully saturated rings. The lowest BCUT2D eigenvalue weighted by Crippen LogP contribution is -2.01. The molecule has 0 spiro atoms. The standard InChI is InChI=1S/C56H33N5O/c1-2-13-37(14-3-1)56-57-47-31-29-36-25-24-35-26-27-38-32-40(28-30-43(38)50(35)51(36)52(47)62-56)54-58-53(59-55(60-54)46-21-11-15-34-12-4-5-18-42(34)46)39-16-10-17-41(33-39)61-48-22-8-6-19-44(48)45-20-7-9-23-49(45)61/h1-33H. The van der Waals surface area contributed by atoms with Crippen molar-refractivity contribution in [1.82, 2.24) is 24.5 Å². The lowest BCUT2D eigenvalue weighted by atomic mass is 9.95. The first-order chi connectivity index (χ1) is 30.7. The number of aromatic nitrogens is 5. The third-order valence-corrected chi connectivity index (χ3v) is 12.2. The molecule has 62 heavy (non-hydrogen) atoms. The van der Waals surface area contributed by atoms with Gasteiger partial charge in [-0.25, -0.2) is 19.9 Å². The summed E-state index contributed by atoms with van der Waals surface area (Å²) in [4.78, 5) is 20.7. The van der Waals surface area contributed by atoms with E-state index in [9.17, 15) is 0 Å².